The maximum absolute atomic E-state index is 13.6. The molecule has 31 heavy (non-hydrogen) atoms. The van der Waals surface area contributed by atoms with Crippen molar-refractivity contribution in [3.63, 3.8) is 0 Å². The summed E-state index contributed by atoms with van der Waals surface area (Å²) in [4.78, 5) is 27.2. The summed E-state index contributed by atoms with van der Waals surface area (Å²) in [6.45, 7) is 1.71. The molecule has 0 aromatic heterocycles. The van der Waals surface area contributed by atoms with Crippen molar-refractivity contribution in [2.75, 3.05) is 12.4 Å². The van der Waals surface area contributed by atoms with Gasteiger partial charge in [-0.05, 0) is 24.6 Å². The number of nitrogens with one attached hydrogen (secondary N) is 1. The number of para-hydroxylation sites is 2. The highest BCUT2D eigenvalue weighted by Crippen LogP contribution is 2.75. The van der Waals surface area contributed by atoms with Crippen LogP contribution < -0.4 is 10.1 Å². The molecule has 1 saturated carbocycles. The molecule has 4 rings (SSSR count). The highest BCUT2D eigenvalue weighted by molar-refractivity contribution is 6.14. The molecule has 1 aliphatic carbocycles. The number of hydrogen-bond acceptors (Lipinski definition) is 4. The molecule has 1 N–H and O–H groups in total. The van der Waals surface area contributed by atoms with Crippen LogP contribution in [0.4, 0.5) is 5.69 Å². The fraction of sp³-hybridized carbons (Fsp3) is 0.192. The normalized spacial score (nSPS) is 24.0. The van der Waals surface area contributed by atoms with Crippen molar-refractivity contribution in [2.45, 2.75) is 12.8 Å². The lowest BCUT2D eigenvalue weighted by atomic mass is 9.87. The van der Waals surface area contributed by atoms with Crippen molar-refractivity contribution in [1.82, 2.24) is 0 Å². The van der Waals surface area contributed by atoms with Gasteiger partial charge in [0.25, 0.3) is 0 Å². The van der Waals surface area contributed by atoms with Crippen LogP contribution in [0.1, 0.15) is 28.8 Å². The molecule has 3 atom stereocenters. The van der Waals surface area contributed by atoms with E-state index in [0.717, 1.165) is 5.56 Å². The lowest BCUT2D eigenvalue weighted by Crippen LogP contribution is -2.31. The molecule has 1 fully saturated rings. The van der Waals surface area contributed by atoms with Crippen LogP contribution in [0.2, 0.25) is 0 Å². The largest absolute Gasteiger partial charge is 0.495 e. The summed E-state index contributed by atoms with van der Waals surface area (Å²) in [5, 5.41) is 13.1. The van der Waals surface area contributed by atoms with Gasteiger partial charge in [0.2, 0.25) is 5.91 Å². The first kappa shape index (κ1) is 20.4. The predicted octanol–water partition coefficient (Wildman–Crippen LogP) is 4.83. The lowest BCUT2D eigenvalue weighted by molar-refractivity contribution is -0.120. The number of Topliss-reactive ketones (excluding diaryl/α,β-unsaturated/α-hetero) is 1. The van der Waals surface area contributed by atoms with Crippen molar-refractivity contribution in [2.24, 2.45) is 10.8 Å². The summed E-state index contributed by atoms with van der Waals surface area (Å²) in [6, 6.07) is 27.3. The number of nitrogens with zero attached hydrogens (tertiary/aromatic N) is 1. The first-order valence-corrected chi connectivity index (χ1v) is 10.0. The van der Waals surface area contributed by atoms with Crippen molar-refractivity contribution in [3.05, 3.63) is 96.1 Å². The number of anilines is 1. The molecule has 0 heterocycles. The SMILES string of the molecule is COc1ccccc1NC(=O)[C@]1(C#N)[C@@H](c2ccccc2)[C@]1(C)C(=O)c1ccccc1. The van der Waals surface area contributed by atoms with Gasteiger partial charge in [-0.3, -0.25) is 9.59 Å². The lowest BCUT2D eigenvalue weighted by Gasteiger charge is -2.16. The number of carbonyl (C=O) groups is 2. The first-order chi connectivity index (χ1) is 15.0. The van der Waals surface area contributed by atoms with Crippen LogP contribution >= 0.6 is 0 Å². The first-order valence-electron chi connectivity index (χ1n) is 10.0. The molecule has 5 heteroatoms. The number of benzene rings is 3. The Bertz CT molecular complexity index is 1170. The third-order valence-corrected chi connectivity index (χ3v) is 6.28. The number of amides is 1. The second-order valence-electron chi connectivity index (χ2n) is 7.82. The maximum atomic E-state index is 13.6. The van der Waals surface area contributed by atoms with Crippen LogP contribution in [-0.4, -0.2) is 18.8 Å². The molecule has 0 saturated heterocycles. The van der Waals surface area contributed by atoms with Crippen molar-refractivity contribution in [1.29, 1.82) is 5.26 Å². The second kappa shape index (κ2) is 7.73. The number of ether oxygens (including phenoxy) is 1. The highest BCUT2D eigenvalue weighted by atomic mass is 16.5. The van der Waals surface area contributed by atoms with Crippen LogP contribution in [0.25, 0.3) is 0 Å². The van der Waals surface area contributed by atoms with E-state index in [1.807, 2.05) is 36.4 Å². The van der Waals surface area contributed by atoms with Gasteiger partial charge in [0.1, 0.15) is 5.75 Å². The Morgan fingerprint density at radius 2 is 1.52 bits per heavy atom. The molecular formula is C26H22N2O3. The smallest absolute Gasteiger partial charge is 0.246 e. The van der Waals surface area contributed by atoms with Gasteiger partial charge >= 0.3 is 0 Å². The quantitative estimate of drug-likeness (QED) is 0.590. The minimum absolute atomic E-state index is 0.223. The van der Waals surface area contributed by atoms with Gasteiger partial charge in [0.15, 0.2) is 11.2 Å². The van der Waals surface area contributed by atoms with E-state index in [0.29, 0.717) is 17.0 Å². The van der Waals surface area contributed by atoms with Gasteiger partial charge in [0, 0.05) is 11.5 Å². The number of methoxy groups -OCH3 is 1. The Kier molecular flexibility index (Phi) is 5.08. The van der Waals surface area contributed by atoms with E-state index in [1.165, 1.54) is 7.11 Å². The Labute approximate surface area is 181 Å². The van der Waals surface area contributed by atoms with Gasteiger partial charge in [-0.15, -0.1) is 0 Å². The minimum Gasteiger partial charge on any atom is -0.495 e. The molecule has 0 radical (unpaired) electrons. The van der Waals surface area contributed by atoms with Gasteiger partial charge in [0.05, 0.1) is 24.3 Å². The summed E-state index contributed by atoms with van der Waals surface area (Å²) >= 11 is 0. The molecule has 1 aliphatic rings. The summed E-state index contributed by atoms with van der Waals surface area (Å²) in [7, 11) is 1.51. The molecular weight excluding hydrogens is 388 g/mol. The Balaban J connectivity index is 1.80. The zero-order valence-corrected chi connectivity index (χ0v) is 17.3. The molecule has 0 aliphatic heterocycles. The van der Waals surface area contributed by atoms with Crippen molar-refractivity contribution < 1.29 is 14.3 Å². The van der Waals surface area contributed by atoms with E-state index >= 15 is 0 Å². The summed E-state index contributed by atoms with van der Waals surface area (Å²) in [5.41, 5.74) is -1.05. The number of carbonyl (C=O) groups excluding carboxylic acids is 2. The number of hydrogen-bond donors (Lipinski definition) is 1. The molecule has 5 nitrogen and oxygen atoms in total. The van der Waals surface area contributed by atoms with E-state index in [9.17, 15) is 14.9 Å². The van der Waals surface area contributed by atoms with Crippen molar-refractivity contribution in [3.8, 4) is 11.8 Å². The number of rotatable bonds is 6. The third kappa shape index (κ3) is 3.00. The average Bonchev–Trinajstić information content (AvgIpc) is 3.41. The number of ketones is 1. The van der Waals surface area contributed by atoms with E-state index in [-0.39, 0.29) is 5.78 Å². The van der Waals surface area contributed by atoms with Gasteiger partial charge in [-0.2, -0.15) is 5.26 Å². The van der Waals surface area contributed by atoms with Gasteiger partial charge in [-0.25, -0.2) is 0 Å². The van der Waals surface area contributed by atoms with Gasteiger partial charge in [-0.1, -0.05) is 72.8 Å². The fourth-order valence-corrected chi connectivity index (χ4v) is 4.61. The average molecular weight is 410 g/mol. The molecule has 3 aromatic rings. The molecule has 154 valence electrons. The fourth-order valence-electron chi connectivity index (χ4n) is 4.61. The molecule has 0 unspecified atom stereocenters. The van der Waals surface area contributed by atoms with Crippen LogP contribution in [0.5, 0.6) is 5.75 Å². The van der Waals surface area contributed by atoms with Crippen LogP contribution in [0.15, 0.2) is 84.9 Å². The monoisotopic (exact) mass is 410 g/mol. The van der Waals surface area contributed by atoms with E-state index in [2.05, 4.69) is 11.4 Å². The molecule has 1 amide bonds. The van der Waals surface area contributed by atoms with E-state index < -0.39 is 22.7 Å². The zero-order chi connectivity index (χ0) is 22.1. The van der Waals surface area contributed by atoms with E-state index in [1.54, 1.807) is 55.5 Å². The van der Waals surface area contributed by atoms with E-state index in [4.69, 9.17) is 4.74 Å². The molecule has 0 bridgehead atoms. The highest BCUT2D eigenvalue weighted by Gasteiger charge is 2.82. The van der Waals surface area contributed by atoms with Crippen LogP contribution in [-0.2, 0) is 4.79 Å². The Hall–Kier alpha value is -3.91. The zero-order valence-electron chi connectivity index (χ0n) is 17.3. The van der Waals surface area contributed by atoms with Crippen LogP contribution in [0.3, 0.4) is 0 Å². The topological polar surface area (TPSA) is 79.2 Å². The van der Waals surface area contributed by atoms with Crippen LogP contribution in [0, 0.1) is 22.2 Å². The predicted molar refractivity (Wildman–Crippen MR) is 118 cm³/mol. The number of nitriles is 1. The minimum atomic E-state index is -1.55. The summed E-state index contributed by atoms with van der Waals surface area (Å²) in [5.74, 6) is -0.829. The second-order valence-corrected chi connectivity index (χ2v) is 7.82. The summed E-state index contributed by atoms with van der Waals surface area (Å²) in [6.07, 6.45) is 0. The Morgan fingerprint density at radius 3 is 2.13 bits per heavy atom. The summed E-state index contributed by atoms with van der Waals surface area (Å²) < 4.78 is 5.33. The van der Waals surface area contributed by atoms with Crippen molar-refractivity contribution >= 4 is 17.4 Å². The Morgan fingerprint density at radius 1 is 0.935 bits per heavy atom. The maximum Gasteiger partial charge on any atom is 0.246 e. The van der Waals surface area contributed by atoms with Gasteiger partial charge < -0.3 is 10.1 Å². The third-order valence-electron chi connectivity index (χ3n) is 6.28. The molecule has 0 spiro atoms. The standard InChI is InChI=1S/C26H22N2O3/c1-25(23(29)19-13-7-4-8-14-19)22(18-11-5-3-6-12-18)26(25,17-27)24(30)28-20-15-9-10-16-21(20)31-2/h3-16,22H,1-2H3,(H,28,30)/t22-,25+,26-/m0/s1. The molecule has 3 aromatic carbocycles.